The average molecular weight is 431 g/mol. The van der Waals surface area contributed by atoms with E-state index in [9.17, 15) is 24.2 Å². The van der Waals surface area contributed by atoms with Gasteiger partial charge in [0.2, 0.25) is 0 Å². The first-order chi connectivity index (χ1) is 11.8. The molecule has 0 aliphatic heterocycles. The molecule has 2 N–H and O–H groups in total. The van der Waals surface area contributed by atoms with Crippen LogP contribution in [-0.4, -0.2) is 15.6 Å². The summed E-state index contributed by atoms with van der Waals surface area (Å²) >= 11 is 6.54. The molecule has 0 atom stereocenters. The van der Waals surface area contributed by atoms with E-state index in [1.807, 2.05) is 5.32 Å². The van der Waals surface area contributed by atoms with E-state index >= 15 is 0 Å². The maximum atomic E-state index is 13.0. The van der Waals surface area contributed by atoms with Gasteiger partial charge in [-0.3, -0.25) is 0 Å². The Morgan fingerprint density at radius 3 is 2.50 bits per heavy atom. The van der Waals surface area contributed by atoms with Crippen LogP contribution in [0.2, 0.25) is 5.02 Å². The van der Waals surface area contributed by atoms with Gasteiger partial charge in [0.05, 0.1) is 15.4 Å². The molecule has 0 unspecified atom stereocenters. The second kappa shape index (κ2) is 5.41. The number of fused-ring (bicyclic) bond motifs is 1. The van der Waals surface area contributed by atoms with Gasteiger partial charge < -0.3 is 10.6 Å². The van der Waals surface area contributed by atoms with Crippen molar-refractivity contribution < 1.29 is 24.2 Å². The molecule has 0 spiro atoms. The van der Waals surface area contributed by atoms with Crippen LogP contribution in [0.5, 0.6) is 0 Å². The summed E-state index contributed by atoms with van der Waals surface area (Å²) in [6.07, 6.45) is 0. The smallest absolute Gasteiger partial charge is 0.308 e. The fraction of sp³-hybridized carbons (Fsp3) is 0. The summed E-state index contributed by atoms with van der Waals surface area (Å²) in [6, 6.07) is 5.54. The lowest BCUT2D eigenvalue weighted by Crippen LogP contribution is -2.20. The van der Waals surface area contributed by atoms with Gasteiger partial charge in [0.15, 0.2) is 0 Å². The second-order valence-electron chi connectivity index (χ2n) is 5.12. The number of nitrogens with one attached hydrogen (secondary N) is 2. The van der Waals surface area contributed by atoms with Crippen molar-refractivity contribution in [2.45, 2.75) is 4.90 Å². The first-order valence-electron chi connectivity index (χ1n) is 6.66. The van der Waals surface area contributed by atoms with Crippen LogP contribution in [0.4, 0.5) is 35.6 Å². The average Bonchev–Trinajstić information content (AvgIpc) is 2.94. The molecule has 0 fully saturated rings. The van der Waals surface area contributed by atoms with Gasteiger partial charge in [-0.2, -0.15) is 0 Å². The SMILES string of the molecule is O=C(Nc1ccc2nnsc2c1)Nc1cccc(S(F)(F)(F)(F)F)c1Cl. The van der Waals surface area contributed by atoms with E-state index in [1.165, 1.54) is 6.07 Å². The maximum Gasteiger partial charge on any atom is 0.323 e. The Morgan fingerprint density at radius 1 is 1.08 bits per heavy atom. The Bertz CT molecular complexity index is 1030. The quantitative estimate of drug-likeness (QED) is 0.457. The zero-order valence-electron chi connectivity index (χ0n) is 12.4. The van der Waals surface area contributed by atoms with Gasteiger partial charge in [0.25, 0.3) is 0 Å². The largest absolute Gasteiger partial charge is 0.323 e. The van der Waals surface area contributed by atoms with Crippen LogP contribution in [0.3, 0.4) is 0 Å². The molecule has 2 amide bonds. The van der Waals surface area contributed by atoms with Crippen LogP contribution in [0.15, 0.2) is 41.3 Å². The minimum atomic E-state index is -9.99. The zero-order valence-corrected chi connectivity index (χ0v) is 14.7. The Labute approximate surface area is 152 Å². The van der Waals surface area contributed by atoms with Gasteiger partial charge in [-0.25, -0.2) is 4.79 Å². The molecule has 0 saturated heterocycles. The molecule has 26 heavy (non-hydrogen) atoms. The van der Waals surface area contributed by atoms with Crippen LogP contribution in [0.1, 0.15) is 0 Å². The third-order valence-electron chi connectivity index (χ3n) is 3.13. The lowest BCUT2D eigenvalue weighted by atomic mass is 10.3. The van der Waals surface area contributed by atoms with E-state index < -0.39 is 31.9 Å². The summed E-state index contributed by atoms with van der Waals surface area (Å²) in [5, 5.41) is 6.91. The number of anilines is 2. The molecule has 3 aromatic rings. The predicted molar refractivity (Wildman–Crippen MR) is 92.9 cm³/mol. The van der Waals surface area contributed by atoms with Crippen molar-refractivity contribution >= 4 is 61.0 Å². The molecule has 1 heterocycles. The molecule has 0 radical (unpaired) electrons. The van der Waals surface area contributed by atoms with E-state index in [0.717, 1.165) is 23.7 Å². The summed E-state index contributed by atoms with van der Waals surface area (Å²) in [5.41, 5.74) is 0.309. The Hall–Kier alpha value is -2.18. The van der Waals surface area contributed by atoms with Crippen LogP contribution in [0.25, 0.3) is 10.2 Å². The Morgan fingerprint density at radius 2 is 1.81 bits per heavy atom. The summed E-state index contributed by atoms with van der Waals surface area (Å²) in [7, 11) is -9.99. The molecule has 0 aliphatic carbocycles. The zero-order chi connectivity index (χ0) is 19.2. The highest BCUT2D eigenvalue weighted by Gasteiger charge is 2.66. The van der Waals surface area contributed by atoms with Crippen molar-refractivity contribution in [3.05, 3.63) is 41.4 Å². The van der Waals surface area contributed by atoms with Crippen molar-refractivity contribution in [1.82, 2.24) is 9.59 Å². The standard InChI is InChI=1S/C13H8ClF5N4OS2/c14-12-9(2-1-3-11(12)26(15,16,17,18)19)21-13(24)20-7-4-5-8-10(6-7)25-23-22-8/h1-6H,(H2,20,21,24). The number of carbonyl (C=O) groups is 1. The molecular weight excluding hydrogens is 423 g/mol. The van der Waals surface area contributed by atoms with Gasteiger partial charge in [-0.1, -0.05) is 41.6 Å². The number of halogens is 6. The van der Waals surface area contributed by atoms with Crippen LogP contribution in [-0.2, 0) is 0 Å². The van der Waals surface area contributed by atoms with E-state index in [1.54, 1.807) is 12.1 Å². The number of hydrogen-bond acceptors (Lipinski definition) is 4. The van der Waals surface area contributed by atoms with Crippen molar-refractivity contribution in [2.24, 2.45) is 0 Å². The minimum Gasteiger partial charge on any atom is -0.308 e. The second-order valence-corrected chi connectivity index (χ2v) is 8.66. The van der Waals surface area contributed by atoms with Crippen molar-refractivity contribution in [3.8, 4) is 0 Å². The topological polar surface area (TPSA) is 66.9 Å². The minimum absolute atomic E-state index is 0.164. The lowest BCUT2D eigenvalue weighted by Gasteiger charge is -2.41. The van der Waals surface area contributed by atoms with E-state index in [-0.39, 0.29) is 6.07 Å². The number of carbonyl (C=O) groups excluding carboxylic acids is 1. The predicted octanol–water partition coefficient (Wildman–Crippen LogP) is 6.65. The molecule has 0 aliphatic rings. The van der Waals surface area contributed by atoms with E-state index in [2.05, 4.69) is 14.9 Å². The van der Waals surface area contributed by atoms with Crippen LogP contribution in [0, 0.1) is 0 Å². The summed E-state index contributed by atoms with van der Waals surface area (Å²) in [4.78, 5) is 9.70. The van der Waals surface area contributed by atoms with Crippen molar-refractivity contribution in [1.29, 1.82) is 0 Å². The number of benzene rings is 2. The van der Waals surface area contributed by atoms with Crippen molar-refractivity contribution in [2.75, 3.05) is 10.6 Å². The molecule has 140 valence electrons. The summed E-state index contributed by atoms with van der Waals surface area (Å²) in [6.45, 7) is 0. The molecule has 0 saturated carbocycles. The molecule has 1 aromatic heterocycles. The van der Waals surface area contributed by atoms with Crippen molar-refractivity contribution in [3.63, 3.8) is 0 Å². The first kappa shape index (κ1) is 18.6. The molecule has 13 heteroatoms. The highest BCUT2D eigenvalue weighted by molar-refractivity contribution is 8.45. The fourth-order valence-electron chi connectivity index (χ4n) is 2.05. The van der Waals surface area contributed by atoms with Gasteiger partial charge in [0, 0.05) is 5.69 Å². The van der Waals surface area contributed by atoms with Gasteiger partial charge in [0.1, 0.15) is 10.4 Å². The lowest BCUT2D eigenvalue weighted by molar-refractivity contribution is 0.262. The normalized spacial score (nSPS) is 14.5. The number of amides is 2. The van der Waals surface area contributed by atoms with Gasteiger partial charge in [-0.15, -0.1) is 5.10 Å². The third kappa shape index (κ3) is 3.97. The Balaban J connectivity index is 1.84. The number of hydrogen-bond donors (Lipinski definition) is 2. The number of aromatic nitrogens is 2. The highest BCUT2D eigenvalue weighted by atomic mass is 35.5. The Kier molecular flexibility index (Phi) is 3.87. The summed E-state index contributed by atoms with van der Waals surface area (Å²) in [5.74, 6) is 0. The van der Waals surface area contributed by atoms with E-state index in [4.69, 9.17) is 11.6 Å². The number of nitrogens with zero attached hydrogens (tertiary/aromatic N) is 2. The molecular formula is C13H8ClF5N4OS2. The molecule has 5 nitrogen and oxygen atoms in total. The highest BCUT2D eigenvalue weighted by Crippen LogP contribution is 3.02. The summed E-state index contributed by atoms with van der Waals surface area (Å²) < 4.78 is 69.2. The fourth-order valence-corrected chi connectivity index (χ4v) is 4.04. The number of rotatable bonds is 3. The monoisotopic (exact) mass is 430 g/mol. The molecule has 3 rings (SSSR count). The third-order valence-corrected chi connectivity index (χ3v) is 5.51. The molecule has 0 bridgehead atoms. The maximum absolute atomic E-state index is 13.0. The van der Waals surface area contributed by atoms with E-state index in [0.29, 0.717) is 15.9 Å². The first-order valence-corrected chi connectivity index (χ1v) is 9.76. The van der Waals surface area contributed by atoms with Gasteiger partial charge in [-0.05, 0) is 41.9 Å². The van der Waals surface area contributed by atoms with Crippen LogP contribution < -0.4 is 10.6 Å². The van der Waals surface area contributed by atoms with Crippen LogP contribution >= 0.6 is 33.4 Å². The number of urea groups is 1. The molecule has 2 aromatic carbocycles. The van der Waals surface area contributed by atoms with Gasteiger partial charge >= 0.3 is 16.3 Å².